The number of carbonyl (C=O) groups excluding carboxylic acids is 1. The minimum atomic E-state index is -0.800. The molecule has 1 N–H and O–H groups in total. The van der Waals surface area contributed by atoms with Crippen LogP contribution in [0.25, 0.3) is 11.4 Å². The lowest BCUT2D eigenvalue weighted by molar-refractivity contribution is 0.192. The van der Waals surface area contributed by atoms with Crippen LogP contribution in [0, 0.1) is 25.5 Å². The molecule has 33 heavy (non-hydrogen) atoms. The van der Waals surface area contributed by atoms with Crippen molar-refractivity contribution in [3.05, 3.63) is 53.2 Å². The Morgan fingerprint density at radius 3 is 2.48 bits per heavy atom. The molecule has 8 nitrogen and oxygen atoms in total. The number of aryl methyl sites for hydroxylation is 1. The summed E-state index contributed by atoms with van der Waals surface area (Å²) >= 11 is 0. The molecule has 3 heterocycles. The Hall–Kier alpha value is -3.56. The SMILES string of the molecule is Cc1c(-c2ccnn2C)nnc(N2CCC(N(C)C(=O)Nc3ccc(F)cc3F)CC2)c1C. The lowest BCUT2D eigenvalue weighted by Gasteiger charge is -2.37. The van der Waals surface area contributed by atoms with Crippen LogP contribution in [0.15, 0.2) is 30.5 Å². The number of nitrogens with zero attached hydrogens (tertiary/aromatic N) is 6. The summed E-state index contributed by atoms with van der Waals surface area (Å²) in [5.41, 5.74) is 3.82. The van der Waals surface area contributed by atoms with E-state index < -0.39 is 17.7 Å². The summed E-state index contributed by atoms with van der Waals surface area (Å²) in [7, 11) is 3.57. The number of hydrogen-bond acceptors (Lipinski definition) is 5. The van der Waals surface area contributed by atoms with E-state index in [1.807, 2.05) is 27.0 Å². The fraction of sp³-hybridized carbons (Fsp3) is 0.391. The largest absolute Gasteiger partial charge is 0.355 e. The Bertz CT molecular complexity index is 1170. The zero-order valence-electron chi connectivity index (χ0n) is 19.1. The van der Waals surface area contributed by atoms with Crippen LogP contribution >= 0.6 is 0 Å². The third kappa shape index (κ3) is 4.50. The minimum Gasteiger partial charge on any atom is -0.355 e. The number of halogens is 2. The van der Waals surface area contributed by atoms with Crippen LogP contribution in [0.5, 0.6) is 0 Å². The second kappa shape index (κ2) is 9.13. The van der Waals surface area contributed by atoms with Gasteiger partial charge in [0.2, 0.25) is 0 Å². The van der Waals surface area contributed by atoms with Gasteiger partial charge in [-0.2, -0.15) is 5.10 Å². The van der Waals surface area contributed by atoms with Gasteiger partial charge in [0.15, 0.2) is 5.82 Å². The summed E-state index contributed by atoms with van der Waals surface area (Å²) < 4.78 is 28.7. The number of piperidine rings is 1. The van der Waals surface area contributed by atoms with Crippen molar-refractivity contribution in [2.75, 3.05) is 30.4 Å². The molecule has 0 radical (unpaired) electrons. The summed E-state index contributed by atoms with van der Waals surface area (Å²) in [4.78, 5) is 16.4. The van der Waals surface area contributed by atoms with E-state index >= 15 is 0 Å². The average molecular weight is 456 g/mol. The standard InChI is InChI=1S/C23H27F2N7O/c1-14-15(2)22(29-28-21(14)20-7-10-26-31(20)4)32-11-8-17(9-12-32)30(3)23(33)27-19-6-5-16(24)13-18(19)25/h5-7,10,13,17H,8-9,11-12H2,1-4H3,(H,27,33). The van der Waals surface area contributed by atoms with Crippen molar-refractivity contribution in [3.63, 3.8) is 0 Å². The average Bonchev–Trinajstić information content (AvgIpc) is 3.22. The summed E-state index contributed by atoms with van der Waals surface area (Å²) in [6.07, 6.45) is 3.21. The zero-order chi connectivity index (χ0) is 23.7. The number of hydrogen-bond donors (Lipinski definition) is 1. The Morgan fingerprint density at radius 2 is 1.85 bits per heavy atom. The van der Waals surface area contributed by atoms with Crippen LogP contribution in [0.2, 0.25) is 0 Å². The van der Waals surface area contributed by atoms with E-state index in [1.54, 1.807) is 22.8 Å². The molecule has 0 atom stereocenters. The first-order valence-corrected chi connectivity index (χ1v) is 10.8. The Labute approximate surface area is 191 Å². The van der Waals surface area contributed by atoms with Crippen LogP contribution in [-0.4, -0.2) is 57.1 Å². The molecule has 1 aliphatic rings. The van der Waals surface area contributed by atoms with Gasteiger partial charge in [-0.3, -0.25) is 4.68 Å². The molecule has 0 spiro atoms. The van der Waals surface area contributed by atoms with Crippen LogP contribution in [0.4, 0.5) is 25.1 Å². The van der Waals surface area contributed by atoms with Crippen molar-refractivity contribution in [3.8, 4) is 11.4 Å². The fourth-order valence-electron chi connectivity index (χ4n) is 4.17. The third-order valence-corrected chi connectivity index (χ3v) is 6.37. The molecule has 0 unspecified atom stereocenters. The normalized spacial score (nSPS) is 14.4. The van der Waals surface area contributed by atoms with E-state index in [4.69, 9.17) is 0 Å². The van der Waals surface area contributed by atoms with Gasteiger partial charge in [-0.15, -0.1) is 10.2 Å². The highest BCUT2D eigenvalue weighted by Gasteiger charge is 2.28. The van der Waals surface area contributed by atoms with Crippen molar-refractivity contribution >= 4 is 17.5 Å². The zero-order valence-corrected chi connectivity index (χ0v) is 19.1. The van der Waals surface area contributed by atoms with Crippen LogP contribution in [-0.2, 0) is 7.05 Å². The first-order valence-electron chi connectivity index (χ1n) is 10.8. The monoisotopic (exact) mass is 455 g/mol. The first kappa shape index (κ1) is 22.6. The van der Waals surface area contributed by atoms with E-state index in [1.165, 1.54) is 6.07 Å². The van der Waals surface area contributed by atoms with Gasteiger partial charge in [0.25, 0.3) is 0 Å². The second-order valence-corrected chi connectivity index (χ2v) is 8.35. The van der Waals surface area contributed by atoms with Crippen LogP contribution < -0.4 is 10.2 Å². The number of urea groups is 1. The maximum absolute atomic E-state index is 13.9. The highest BCUT2D eigenvalue weighted by Crippen LogP contribution is 2.29. The van der Waals surface area contributed by atoms with E-state index in [9.17, 15) is 13.6 Å². The molecule has 1 aromatic carbocycles. The second-order valence-electron chi connectivity index (χ2n) is 8.35. The lowest BCUT2D eigenvalue weighted by Crippen LogP contribution is -2.47. The number of nitrogens with one attached hydrogen (secondary N) is 1. The lowest BCUT2D eigenvalue weighted by atomic mass is 10.0. The predicted molar refractivity (Wildman–Crippen MR) is 122 cm³/mol. The van der Waals surface area contributed by atoms with Gasteiger partial charge in [-0.1, -0.05) is 0 Å². The molecule has 2 amide bonds. The van der Waals surface area contributed by atoms with E-state index in [2.05, 4.69) is 25.5 Å². The maximum Gasteiger partial charge on any atom is 0.321 e. The van der Waals surface area contributed by atoms with Crippen LogP contribution in [0.3, 0.4) is 0 Å². The van der Waals surface area contributed by atoms with Crippen molar-refractivity contribution in [2.45, 2.75) is 32.7 Å². The molecule has 2 aromatic heterocycles. The topological polar surface area (TPSA) is 79.2 Å². The van der Waals surface area contributed by atoms with E-state index in [-0.39, 0.29) is 11.7 Å². The molecule has 1 fully saturated rings. The molecule has 0 bridgehead atoms. The summed E-state index contributed by atoms with van der Waals surface area (Å²) in [5.74, 6) is -0.642. The molecule has 0 aliphatic carbocycles. The minimum absolute atomic E-state index is 0.00663. The van der Waals surface area contributed by atoms with Crippen molar-refractivity contribution in [1.82, 2.24) is 24.9 Å². The highest BCUT2D eigenvalue weighted by molar-refractivity contribution is 5.89. The van der Waals surface area contributed by atoms with Crippen molar-refractivity contribution in [2.24, 2.45) is 7.05 Å². The number of amides is 2. The van der Waals surface area contributed by atoms with Gasteiger partial charge in [-0.25, -0.2) is 13.6 Å². The van der Waals surface area contributed by atoms with Crippen molar-refractivity contribution < 1.29 is 13.6 Å². The number of carbonyl (C=O) groups is 1. The van der Waals surface area contributed by atoms with Crippen molar-refractivity contribution in [1.29, 1.82) is 0 Å². The molecule has 3 aromatic rings. The summed E-state index contributed by atoms with van der Waals surface area (Å²) in [6, 6.07) is 4.57. The Balaban J connectivity index is 1.41. The number of anilines is 2. The molecule has 10 heteroatoms. The molecule has 0 saturated carbocycles. The quantitative estimate of drug-likeness (QED) is 0.646. The van der Waals surface area contributed by atoms with E-state index in [0.29, 0.717) is 13.1 Å². The maximum atomic E-state index is 13.9. The third-order valence-electron chi connectivity index (χ3n) is 6.37. The summed E-state index contributed by atoms with van der Waals surface area (Å²) in [6.45, 7) is 5.51. The van der Waals surface area contributed by atoms with Crippen LogP contribution in [0.1, 0.15) is 24.0 Å². The highest BCUT2D eigenvalue weighted by atomic mass is 19.1. The first-order chi connectivity index (χ1) is 15.8. The Morgan fingerprint density at radius 1 is 1.12 bits per heavy atom. The molecule has 4 rings (SSSR count). The predicted octanol–water partition coefficient (Wildman–Crippen LogP) is 3.90. The summed E-state index contributed by atoms with van der Waals surface area (Å²) in [5, 5.41) is 15.7. The van der Waals surface area contributed by atoms with Gasteiger partial charge in [0.1, 0.15) is 17.3 Å². The van der Waals surface area contributed by atoms with Gasteiger partial charge in [0, 0.05) is 45.5 Å². The van der Waals surface area contributed by atoms with E-state index in [0.717, 1.165) is 53.3 Å². The Kier molecular flexibility index (Phi) is 6.26. The van der Waals surface area contributed by atoms with Gasteiger partial charge < -0.3 is 15.1 Å². The number of rotatable bonds is 4. The fourth-order valence-corrected chi connectivity index (χ4v) is 4.17. The van der Waals surface area contributed by atoms with Gasteiger partial charge >= 0.3 is 6.03 Å². The molecular formula is C23H27F2N7O. The molecule has 1 aliphatic heterocycles. The van der Waals surface area contributed by atoms with Gasteiger partial charge in [-0.05, 0) is 56.0 Å². The molecular weight excluding hydrogens is 428 g/mol. The number of aromatic nitrogens is 4. The smallest absolute Gasteiger partial charge is 0.321 e. The number of benzene rings is 1. The molecule has 174 valence electrons. The van der Waals surface area contributed by atoms with Gasteiger partial charge in [0.05, 0.1) is 11.4 Å². The molecule has 1 saturated heterocycles.